The topological polar surface area (TPSA) is 76.3 Å². The number of hydrogen-bond donors (Lipinski definition) is 0. The number of rotatable bonds is 5. The summed E-state index contributed by atoms with van der Waals surface area (Å²) in [4.78, 5) is 8.82. The molecule has 126 valence electrons. The van der Waals surface area contributed by atoms with Crippen molar-refractivity contribution in [2.45, 2.75) is 0 Å². The molecule has 4 rings (SSSR count). The van der Waals surface area contributed by atoms with Crippen molar-refractivity contribution in [1.29, 1.82) is 0 Å². The Morgan fingerprint density at radius 2 is 1.12 bits per heavy atom. The Hall–Kier alpha value is -3.54. The van der Waals surface area contributed by atoms with Crippen molar-refractivity contribution < 1.29 is 0 Å². The molecule has 0 aliphatic heterocycles. The highest BCUT2D eigenvalue weighted by molar-refractivity contribution is 5.98. The smallest absolute Gasteiger partial charge is 0.111 e. The summed E-state index contributed by atoms with van der Waals surface area (Å²) in [6.45, 7) is 1.14. The van der Waals surface area contributed by atoms with Gasteiger partial charge in [-0.25, -0.2) is 0 Å². The molecule has 6 heteroatoms. The average Bonchev–Trinajstić information content (AvgIpc) is 2.71. The van der Waals surface area contributed by atoms with Crippen molar-refractivity contribution in [3.63, 3.8) is 0 Å². The first-order valence-electron chi connectivity index (χ1n) is 8.32. The van der Waals surface area contributed by atoms with E-state index in [4.69, 9.17) is 0 Å². The van der Waals surface area contributed by atoms with Crippen molar-refractivity contribution in [1.82, 2.24) is 20.4 Å². The normalized spacial score (nSPS) is 11.8. The van der Waals surface area contributed by atoms with Gasteiger partial charge in [0.25, 0.3) is 0 Å². The molecule has 26 heavy (non-hydrogen) atoms. The van der Waals surface area contributed by atoms with Crippen LogP contribution in [0.1, 0.15) is 11.4 Å². The number of nitrogens with zero attached hydrogens (tertiary/aromatic N) is 6. The van der Waals surface area contributed by atoms with E-state index in [0.717, 1.165) is 32.9 Å². The second-order valence-electron chi connectivity index (χ2n) is 5.70. The van der Waals surface area contributed by atoms with E-state index in [-0.39, 0.29) is 0 Å². The van der Waals surface area contributed by atoms with Gasteiger partial charge in [-0.05, 0) is 0 Å². The maximum atomic E-state index is 4.41. The van der Waals surface area contributed by atoms with E-state index < -0.39 is 0 Å². The third-order valence-corrected chi connectivity index (χ3v) is 3.98. The monoisotopic (exact) mass is 340 g/mol. The molecular weight excluding hydrogens is 324 g/mol. The van der Waals surface area contributed by atoms with Crippen LogP contribution in [0.3, 0.4) is 0 Å². The quantitative estimate of drug-likeness (QED) is 0.413. The number of fused-ring (bicyclic) bond motifs is 2. The Morgan fingerprint density at radius 1 is 0.654 bits per heavy atom. The summed E-state index contributed by atoms with van der Waals surface area (Å²) in [5.74, 6) is 0. The van der Waals surface area contributed by atoms with Crippen molar-refractivity contribution in [3.05, 3.63) is 72.3 Å². The van der Waals surface area contributed by atoms with E-state index in [9.17, 15) is 0 Å². The van der Waals surface area contributed by atoms with Crippen LogP contribution >= 0.6 is 0 Å². The lowest BCUT2D eigenvalue weighted by Gasteiger charge is -1.99. The molecule has 4 aromatic rings. The molecule has 2 heterocycles. The SMILES string of the molecule is C(=N/CC/N=C\c1nncc2ccccc12)/c1nncc2ccccc12. The molecule has 0 spiro atoms. The predicted molar refractivity (Wildman–Crippen MR) is 104 cm³/mol. The minimum atomic E-state index is 0.569. The van der Waals surface area contributed by atoms with E-state index in [0.29, 0.717) is 13.1 Å². The zero-order valence-corrected chi connectivity index (χ0v) is 14.0. The second-order valence-corrected chi connectivity index (χ2v) is 5.70. The van der Waals surface area contributed by atoms with E-state index in [1.54, 1.807) is 24.8 Å². The van der Waals surface area contributed by atoms with Gasteiger partial charge in [0.05, 0.1) is 25.5 Å². The highest BCUT2D eigenvalue weighted by atomic mass is 15.1. The van der Waals surface area contributed by atoms with Gasteiger partial charge in [0.1, 0.15) is 11.4 Å². The fraction of sp³-hybridized carbons (Fsp3) is 0.100. The average molecular weight is 340 g/mol. The lowest BCUT2D eigenvalue weighted by molar-refractivity contribution is 0.974. The molecule has 2 aromatic heterocycles. The molecule has 0 radical (unpaired) electrons. The molecule has 0 fully saturated rings. The third-order valence-electron chi connectivity index (χ3n) is 3.98. The summed E-state index contributed by atoms with van der Waals surface area (Å²) in [5, 5.41) is 20.5. The van der Waals surface area contributed by atoms with Crippen LogP contribution in [0.25, 0.3) is 21.5 Å². The Morgan fingerprint density at radius 3 is 1.62 bits per heavy atom. The summed E-state index contributed by atoms with van der Waals surface area (Å²) in [7, 11) is 0. The Balaban J connectivity index is 1.42. The van der Waals surface area contributed by atoms with E-state index in [1.165, 1.54) is 0 Å². The summed E-state index contributed by atoms with van der Waals surface area (Å²) in [5.41, 5.74) is 1.54. The molecule has 0 bridgehead atoms. The number of hydrogen-bond acceptors (Lipinski definition) is 6. The van der Waals surface area contributed by atoms with Crippen molar-refractivity contribution >= 4 is 34.0 Å². The lowest BCUT2D eigenvalue weighted by atomic mass is 10.1. The minimum absolute atomic E-state index is 0.569. The van der Waals surface area contributed by atoms with Gasteiger partial charge < -0.3 is 0 Å². The van der Waals surface area contributed by atoms with Gasteiger partial charge in [-0.1, -0.05) is 48.5 Å². The van der Waals surface area contributed by atoms with Gasteiger partial charge in [-0.15, -0.1) is 10.2 Å². The van der Waals surface area contributed by atoms with Gasteiger partial charge in [-0.2, -0.15) is 10.2 Å². The van der Waals surface area contributed by atoms with Gasteiger partial charge in [0, 0.05) is 34.0 Å². The van der Waals surface area contributed by atoms with E-state index >= 15 is 0 Å². The maximum Gasteiger partial charge on any atom is 0.111 e. The first kappa shape index (κ1) is 16.0. The highest BCUT2D eigenvalue weighted by Gasteiger charge is 2.00. The summed E-state index contributed by atoms with van der Waals surface area (Å²) in [6.07, 6.45) is 7.01. The molecule has 0 N–H and O–H groups in total. The standard InChI is InChI=1S/C20H16N6/c1-3-7-17-15(5-1)11-23-25-19(17)13-21-9-10-22-14-20-18-8-4-2-6-16(18)12-24-26-20/h1-8,11-14H,9-10H2/b21-13-,22-14-. The molecule has 0 atom stereocenters. The molecular formula is C20H16N6. The van der Waals surface area contributed by atoms with Crippen LogP contribution in [0.5, 0.6) is 0 Å². The molecule has 6 nitrogen and oxygen atoms in total. The molecule has 0 saturated carbocycles. The third kappa shape index (κ3) is 3.44. The maximum absolute atomic E-state index is 4.41. The molecule has 0 aliphatic rings. The van der Waals surface area contributed by atoms with Gasteiger partial charge in [0.2, 0.25) is 0 Å². The van der Waals surface area contributed by atoms with Gasteiger partial charge >= 0.3 is 0 Å². The molecule has 0 unspecified atom stereocenters. The summed E-state index contributed by atoms with van der Waals surface area (Å²) in [6, 6.07) is 16.0. The first-order chi connectivity index (χ1) is 12.9. The fourth-order valence-corrected chi connectivity index (χ4v) is 2.71. The van der Waals surface area contributed by atoms with Crippen LogP contribution < -0.4 is 0 Å². The highest BCUT2D eigenvalue weighted by Crippen LogP contribution is 2.14. The van der Waals surface area contributed by atoms with E-state index in [2.05, 4.69) is 30.4 Å². The Labute approximate surface area is 150 Å². The fourth-order valence-electron chi connectivity index (χ4n) is 2.71. The zero-order chi connectivity index (χ0) is 17.6. The minimum Gasteiger partial charge on any atom is -0.289 e. The zero-order valence-electron chi connectivity index (χ0n) is 14.0. The van der Waals surface area contributed by atoms with Crippen LogP contribution in [0.2, 0.25) is 0 Å². The largest absolute Gasteiger partial charge is 0.289 e. The van der Waals surface area contributed by atoms with Gasteiger partial charge in [-0.3, -0.25) is 9.98 Å². The van der Waals surface area contributed by atoms with Crippen molar-refractivity contribution in [3.8, 4) is 0 Å². The van der Waals surface area contributed by atoms with Crippen LogP contribution in [0, 0.1) is 0 Å². The number of aliphatic imine (C=N–C) groups is 2. The summed E-state index contributed by atoms with van der Waals surface area (Å²) < 4.78 is 0. The lowest BCUT2D eigenvalue weighted by Crippen LogP contribution is -1.96. The second kappa shape index (κ2) is 7.57. The molecule has 0 amide bonds. The Kier molecular flexibility index (Phi) is 4.64. The van der Waals surface area contributed by atoms with Crippen LogP contribution in [0.4, 0.5) is 0 Å². The van der Waals surface area contributed by atoms with Crippen molar-refractivity contribution in [2.75, 3.05) is 13.1 Å². The van der Waals surface area contributed by atoms with E-state index in [1.807, 2.05) is 48.5 Å². The van der Waals surface area contributed by atoms with Crippen LogP contribution in [-0.4, -0.2) is 45.9 Å². The van der Waals surface area contributed by atoms with Crippen molar-refractivity contribution in [2.24, 2.45) is 9.98 Å². The summed E-state index contributed by atoms with van der Waals surface area (Å²) >= 11 is 0. The van der Waals surface area contributed by atoms with Crippen LogP contribution in [0.15, 0.2) is 70.9 Å². The first-order valence-corrected chi connectivity index (χ1v) is 8.32. The number of benzene rings is 2. The number of aromatic nitrogens is 4. The Bertz CT molecular complexity index is 1000. The van der Waals surface area contributed by atoms with Gasteiger partial charge in [0.15, 0.2) is 0 Å². The van der Waals surface area contributed by atoms with Crippen LogP contribution in [-0.2, 0) is 0 Å². The molecule has 0 saturated heterocycles. The predicted octanol–water partition coefficient (Wildman–Crippen LogP) is 3.11. The molecule has 2 aromatic carbocycles. The molecule has 0 aliphatic carbocycles.